The molecule has 1 aliphatic heterocycles. The molecule has 1 amide bonds. The Labute approximate surface area is 130 Å². The lowest BCUT2D eigenvalue weighted by Crippen LogP contribution is -2.27. The van der Waals surface area contributed by atoms with Crippen molar-refractivity contribution in [3.05, 3.63) is 39.9 Å². The summed E-state index contributed by atoms with van der Waals surface area (Å²) in [5.74, 6) is -0.0536. The Kier molecular flexibility index (Phi) is 5.49. The van der Waals surface area contributed by atoms with Gasteiger partial charge in [0.2, 0.25) is 5.91 Å². The fourth-order valence-electron chi connectivity index (χ4n) is 2.69. The Morgan fingerprint density at radius 1 is 1.50 bits per heavy atom. The van der Waals surface area contributed by atoms with E-state index < -0.39 is 4.92 Å². The molecule has 2 rings (SSSR count). The topological polar surface area (TPSA) is 81.5 Å². The number of nitrogens with one attached hydrogen (secondary N) is 1. The van der Waals surface area contributed by atoms with Crippen molar-refractivity contribution in [3.8, 4) is 0 Å². The predicted molar refractivity (Wildman–Crippen MR) is 82.5 cm³/mol. The smallest absolute Gasteiger partial charge is 0.269 e. The summed E-state index contributed by atoms with van der Waals surface area (Å²) in [6.07, 6.45) is 3.66. The molecule has 1 fully saturated rings. The SMILES string of the molecule is C[C@@H]1CC[C@@H](CCC(=O)N[C@@H](C)c2cccc([N+](=O)[O-])c2)O1. The van der Waals surface area contributed by atoms with Gasteiger partial charge in [-0.05, 0) is 38.7 Å². The van der Waals surface area contributed by atoms with E-state index in [1.807, 2.05) is 13.8 Å². The van der Waals surface area contributed by atoms with Gasteiger partial charge in [0.15, 0.2) is 0 Å². The van der Waals surface area contributed by atoms with Crippen molar-refractivity contribution in [3.63, 3.8) is 0 Å². The average molecular weight is 306 g/mol. The Balaban J connectivity index is 1.83. The summed E-state index contributed by atoms with van der Waals surface area (Å²) in [4.78, 5) is 22.3. The maximum Gasteiger partial charge on any atom is 0.269 e. The van der Waals surface area contributed by atoms with Crippen molar-refractivity contribution in [2.75, 3.05) is 0 Å². The molecule has 1 aromatic rings. The summed E-state index contributed by atoms with van der Waals surface area (Å²) < 4.78 is 5.69. The van der Waals surface area contributed by atoms with E-state index >= 15 is 0 Å². The predicted octanol–water partition coefficient (Wildman–Crippen LogP) is 3.12. The molecule has 1 aliphatic rings. The third kappa shape index (κ3) is 4.53. The Hall–Kier alpha value is -1.95. The first-order valence-corrected chi connectivity index (χ1v) is 7.65. The number of ether oxygens (including phenoxy) is 1. The van der Waals surface area contributed by atoms with Crippen LogP contribution in [0, 0.1) is 10.1 Å². The van der Waals surface area contributed by atoms with Crippen LogP contribution >= 0.6 is 0 Å². The van der Waals surface area contributed by atoms with E-state index in [4.69, 9.17) is 4.74 Å². The second kappa shape index (κ2) is 7.35. The molecule has 1 N–H and O–H groups in total. The normalized spacial score (nSPS) is 22.3. The van der Waals surface area contributed by atoms with Crippen LogP contribution in [0.1, 0.15) is 51.1 Å². The van der Waals surface area contributed by atoms with Gasteiger partial charge in [-0.1, -0.05) is 12.1 Å². The molecule has 1 aromatic carbocycles. The second-order valence-electron chi connectivity index (χ2n) is 5.83. The number of nitro groups is 1. The lowest BCUT2D eigenvalue weighted by molar-refractivity contribution is -0.384. The molecule has 0 unspecified atom stereocenters. The van der Waals surface area contributed by atoms with Crippen LogP contribution in [0.4, 0.5) is 5.69 Å². The van der Waals surface area contributed by atoms with E-state index in [2.05, 4.69) is 5.32 Å². The maximum atomic E-state index is 12.0. The number of rotatable bonds is 6. The number of amides is 1. The summed E-state index contributed by atoms with van der Waals surface area (Å²) >= 11 is 0. The zero-order chi connectivity index (χ0) is 16.1. The molecule has 22 heavy (non-hydrogen) atoms. The maximum absolute atomic E-state index is 12.0. The first-order valence-electron chi connectivity index (χ1n) is 7.65. The van der Waals surface area contributed by atoms with Crippen LogP contribution in [-0.4, -0.2) is 23.0 Å². The highest BCUT2D eigenvalue weighted by Gasteiger charge is 2.22. The Morgan fingerprint density at radius 2 is 2.27 bits per heavy atom. The van der Waals surface area contributed by atoms with Crippen molar-refractivity contribution < 1.29 is 14.5 Å². The molecule has 0 spiro atoms. The summed E-state index contributed by atoms with van der Waals surface area (Å²) in [5.41, 5.74) is 0.764. The highest BCUT2D eigenvalue weighted by atomic mass is 16.6. The van der Waals surface area contributed by atoms with Crippen LogP contribution in [-0.2, 0) is 9.53 Å². The molecule has 0 bridgehead atoms. The van der Waals surface area contributed by atoms with Gasteiger partial charge in [0.25, 0.3) is 5.69 Å². The highest BCUT2D eigenvalue weighted by Crippen LogP contribution is 2.23. The van der Waals surface area contributed by atoms with E-state index in [0.717, 1.165) is 24.8 Å². The quantitative estimate of drug-likeness (QED) is 0.646. The van der Waals surface area contributed by atoms with Crippen molar-refractivity contribution in [2.24, 2.45) is 0 Å². The Bertz CT molecular complexity index is 547. The van der Waals surface area contributed by atoms with Crippen molar-refractivity contribution >= 4 is 11.6 Å². The zero-order valence-corrected chi connectivity index (χ0v) is 13.0. The second-order valence-corrected chi connectivity index (χ2v) is 5.83. The third-order valence-corrected chi connectivity index (χ3v) is 3.97. The van der Waals surface area contributed by atoms with E-state index in [1.54, 1.807) is 12.1 Å². The van der Waals surface area contributed by atoms with E-state index in [0.29, 0.717) is 6.42 Å². The summed E-state index contributed by atoms with van der Waals surface area (Å²) in [6.45, 7) is 3.87. The molecular formula is C16H22N2O4. The number of benzene rings is 1. The van der Waals surface area contributed by atoms with Crippen LogP contribution in [0.25, 0.3) is 0 Å². The van der Waals surface area contributed by atoms with Gasteiger partial charge in [-0.3, -0.25) is 14.9 Å². The van der Waals surface area contributed by atoms with Crippen molar-refractivity contribution in [2.45, 2.75) is 57.8 Å². The lowest BCUT2D eigenvalue weighted by Gasteiger charge is -2.15. The first kappa shape index (κ1) is 16.4. The van der Waals surface area contributed by atoms with Gasteiger partial charge in [-0.15, -0.1) is 0 Å². The number of carbonyl (C=O) groups is 1. The number of carbonyl (C=O) groups excluding carboxylic acids is 1. The number of nitrogens with zero attached hydrogens (tertiary/aromatic N) is 1. The van der Waals surface area contributed by atoms with E-state index in [-0.39, 0.29) is 29.8 Å². The first-order chi connectivity index (χ1) is 10.5. The summed E-state index contributed by atoms with van der Waals surface area (Å²) in [5, 5.41) is 13.7. The van der Waals surface area contributed by atoms with E-state index in [1.165, 1.54) is 12.1 Å². The van der Waals surface area contributed by atoms with Gasteiger partial charge >= 0.3 is 0 Å². The Morgan fingerprint density at radius 3 is 2.91 bits per heavy atom. The third-order valence-electron chi connectivity index (χ3n) is 3.97. The molecule has 0 aromatic heterocycles. The van der Waals surface area contributed by atoms with Crippen molar-refractivity contribution in [1.29, 1.82) is 0 Å². The fraction of sp³-hybridized carbons (Fsp3) is 0.562. The van der Waals surface area contributed by atoms with Gasteiger partial charge in [0, 0.05) is 18.6 Å². The largest absolute Gasteiger partial charge is 0.375 e. The van der Waals surface area contributed by atoms with Gasteiger partial charge in [-0.25, -0.2) is 0 Å². The van der Waals surface area contributed by atoms with Crippen LogP contribution in [0.15, 0.2) is 24.3 Å². The standard InChI is InChI=1S/C16H22N2O4/c1-11-6-7-15(22-11)8-9-16(19)17-12(2)13-4-3-5-14(10-13)18(20)21/h3-5,10-12,15H,6-9H2,1-2H3,(H,17,19)/t11-,12+,15+/m1/s1. The molecule has 0 aliphatic carbocycles. The van der Waals surface area contributed by atoms with Gasteiger partial charge in [0.1, 0.15) is 0 Å². The number of nitro benzene ring substituents is 1. The lowest BCUT2D eigenvalue weighted by atomic mass is 10.1. The molecule has 120 valence electrons. The summed E-state index contributed by atoms with van der Waals surface area (Å²) in [7, 11) is 0. The molecule has 6 heteroatoms. The number of hydrogen-bond donors (Lipinski definition) is 1. The summed E-state index contributed by atoms with van der Waals surface area (Å²) in [6, 6.07) is 6.09. The van der Waals surface area contributed by atoms with Crippen molar-refractivity contribution in [1.82, 2.24) is 5.32 Å². The molecular weight excluding hydrogens is 284 g/mol. The van der Waals surface area contributed by atoms with Gasteiger partial charge < -0.3 is 10.1 Å². The fourth-order valence-corrected chi connectivity index (χ4v) is 2.69. The molecule has 0 saturated carbocycles. The molecule has 1 heterocycles. The minimum absolute atomic E-state index is 0.0342. The molecule has 1 saturated heterocycles. The van der Waals surface area contributed by atoms with Crippen LogP contribution in [0.5, 0.6) is 0 Å². The minimum atomic E-state index is -0.434. The van der Waals surface area contributed by atoms with Crippen LogP contribution in [0.3, 0.4) is 0 Å². The van der Waals surface area contributed by atoms with Gasteiger partial charge in [0.05, 0.1) is 23.2 Å². The van der Waals surface area contributed by atoms with E-state index in [9.17, 15) is 14.9 Å². The highest BCUT2D eigenvalue weighted by molar-refractivity contribution is 5.76. The molecule has 3 atom stereocenters. The number of non-ortho nitro benzene ring substituents is 1. The monoisotopic (exact) mass is 306 g/mol. The zero-order valence-electron chi connectivity index (χ0n) is 13.0. The van der Waals surface area contributed by atoms with Crippen LogP contribution < -0.4 is 5.32 Å². The average Bonchev–Trinajstić information content (AvgIpc) is 2.91. The van der Waals surface area contributed by atoms with Crippen LogP contribution in [0.2, 0.25) is 0 Å². The van der Waals surface area contributed by atoms with Gasteiger partial charge in [-0.2, -0.15) is 0 Å². The minimum Gasteiger partial charge on any atom is -0.375 e. The number of hydrogen-bond acceptors (Lipinski definition) is 4. The molecule has 0 radical (unpaired) electrons. The molecule has 6 nitrogen and oxygen atoms in total.